The number of hydrogen-bond donors (Lipinski definition) is 2. The van der Waals surface area contributed by atoms with Crippen molar-refractivity contribution in [3.63, 3.8) is 0 Å². The summed E-state index contributed by atoms with van der Waals surface area (Å²) in [6.45, 7) is 4.31. The molecule has 1 saturated heterocycles. The lowest BCUT2D eigenvalue weighted by Gasteiger charge is -2.32. The average Bonchev–Trinajstić information content (AvgIpc) is 3.23. The molecule has 2 aromatic carbocycles. The van der Waals surface area contributed by atoms with Crippen molar-refractivity contribution in [2.24, 2.45) is 5.73 Å². The highest BCUT2D eigenvalue weighted by Crippen LogP contribution is 2.38. The third-order valence-electron chi connectivity index (χ3n) is 6.36. The molecule has 1 amide bonds. The molecule has 1 aromatic heterocycles. The maximum absolute atomic E-state index is 12.7. The van der Waals surface area contributed by atoms with Gasteiger partial charge in [-0.25, -0.2) is 0 Å². The monoisotopic (exact) mass is 478 g/mol. The highest BCUT2D eigenvalue weighted by Gasteiger charge is 2.28. The minimum absolute atomic E-state index is 0.0617. The highest BCUT2D eigenvalue weighted by molar-refractivity contribution is 6.03. The van der Waals surface area contributed by atoms with Gasteiger partial charge in [0, 0.05) is 56.6 Å². The van der Waals surface area contributed by atoms with Crippen molar-refractivity contribution in [2.45, 2.75) is 6.42 Å². The van der Waals surface area contributed by atoms with Gasteiger partial charge in [-0.1, -0.05) is 12.1 Å². The van der Waals surface area contributed by atoms with Crippen molar-refractivity contribution in [3.8, 4) is 22.5 Å². The lowest BCUT2D eigenvalue weighted by Crippen LogP contribution is -2.45. The van der Waals surface area contributed by atoms with Crippen LogP contribution in [0.2, 0.25) is 0 Å². The molecule has 0 bridgehead atoms. The zero-order valence-corrected chi connectivity index (χ0v) is 19.3. The number of amides is 1. The topological polar surface area (TPSA) is 152 Å². The van der Waals surface area contributed by atoms with E-state index in [1.54, 1.807) is 30.3 Å². The van der Waals surface area contributed by atoms with E-state index >= 15 is 0 Å². The molecule has 4 rings (SSSR count). The molecule has 35 heavy (non-hydrogen) atoms. The van der Waals surface area contributed by atoms with Gasteiger partial charge in [-0.05, 0) is 42.8 Å². The van der Waals surface area contributed by atoms with Gasteiger partial charge in [-0.15, -0.1) is 0 Å². The van der Waals surface area contributed by atoms with E-state index in [0.717, 1.165) is 26.2 Å². The van der Waals surface area contributed by atoms with Crippen molar-refractivity contribution in [1.29, 1.82) is 0 Å². The number of aromatic amines is 1. The van der Waals surface area contributed by atoms with Crippen LogP contribution in [0, 0.1) is 20.2 Å². The van der Waals surface area contributed by atoms with Crippen molar-refractivity contribution in [2.75, 3.05) is 39.8 Å². The molecule has 0 aliphatic carbocycles. The highest BCUT2D eigenvalue weighted by atomic mass is 16.6. The number of nitro benzene ring substituents is 2. The van der Waals surface area contributed by atoms with Crippen LogP contribution in [0.3, 0.4) is 0 Å². The Morgan fingerprint density at radius 2 is 1.63 bits per heavy atom. The van der Waals surface area contributed by atoms with Gasteiger partial charge in [0.25, 0.3) is 17.3 Å². The quantitative estimate of drug-likeness (QED) is 0.373. The average molecular weight is 479 g/mol. The SMILES string of the molecule is CN1CCN(CCc2c(-c3ccc([N+](=O)[O-])cc3)[nH]c(-c3ccccc3[N+](=O)[O-])c2C(N)=O)CC1. The zero-order chi connectivity index (χ0) is 25.1. The molecule has 1 aliphatic rings. The minimum atomic E-state index is -0.698. The van der Waals surface area contributed by atoms with Crippen LogP contribution in [0.15, 0.2) is 48.5 Å². The molecule has 3 aromatic rings. The number of nitro groups is 2. The molecule has 3 N–H and O–H groups in total. The van der Waals surface area contributed by atoms with E-state index in [1.807, 2.05) is 0 Å². The predicted molar refractivity (Wildman–Crippen MR) is 131 cm³/mol. The maximum atomic E-state index is 12.7. The molecule has 1 fully saturated rings. The van der Waals surface area contributed by atoms with Gasteiger partial charge in [0.1, 0.15) is 0 Å². The summed E-state index contributed by atoms with van der Waals surface area (Å²) in [5.74, 6) is -0.698. The van der Waals surface area contributed by atoms with Crippen molar-refractivity contribution >= 4 is 17.3 Å². The third kappa shape index (κ3) is 5.05. The van der Waals surface area contributed by atoms with E-state index in [1.165, 1.54) is 18.2 Å². The number of rotatable bonds is 8. The zero-order valence-electron chi connectivity index (χ0n) is 19.3. The first-order valence-corrected chi connectivity index (χ1v) is 11.2. The number of carbonyl (C=O) groups is 1. The summed E-state index contributed by atoms with van der Waals surface area (Å²) in [4.78, 5) is 42.3. The van der Waals surface area contributed by atoms with Gasteiger partial charge in [0.05, 0.1) is 26.7 Å². The maximum Gasteiger partial charge on any atom is 0.278 e. The summed E-state index contributed by atoms with van der Waals surface area (Å²) in [6, 6.07) is 12.1. The standard InChI is InChI=1S/C24H26N6O5/c1-27-12-14-28(15-13-27)11-10-19-21(24(25)31)23(18-4-2-3-5-20(18)30(34)35)26-22(19)16-6-8-17(9-7-16)29(32)33/h2-9,26H,10-15H2,1H3,(H2,25,31). The van der Waals surface area contributed by atoms with Crippen LogP contribution >= 0.6 is 0 Å². The van der Waals surface area contributed by atoms with Crippen LogP contribution in [-0.2, 0) is 6.42 Å². The second kappa shape index (κ2) is 10.0. The van der Waals surface area contributed by atoms with E-state index < -0.39 is 15.8 Å². The predicted octanol–water partition coefficient (Wildman–Crippen LogP) is 3.05. The Balaban J connectivity index is 1.83. The first-order chi connectivity index (χ1) is 16.8. The lowest BCUT2D eigenvalue weighted by molar-refractivity contribution is -0.384. The first kappa shape index (κ1) is 24.0. The smallest absolute Gasteiger partial charge is 0.278 e. The van der Waals surface area contributed by atoms with Crippen LogP contribution in [-0.4, -0.2) is 70.3 Å². The Labute approximate surface area is 201 Å². The first-order valence-electron chi connectivity index (χ1n) is 11.2. The summed E-state index contributed by atoms with van der Waals surface area (Å²) in [7, 11) is 2.07. The fourth-order valence-electron chi connectivity index (χ4n) is 4.44. The van der Waals surface area contributed by atoms with Crippen LogP contribution in [0.1, 0.15) is 15.9 Å². The van der Waals surface area contributed by atoms with E-state index in [2.05, 4.69) is 21.8 Å². The summed E-state index contributed by atoms with van der Waals surface area (Å²) >= 11 is 0. The second-order valence-electron chi connectivity index (χ2n) is 8.57. The number of carbonyl (C=O) groups excluding carboxylic acids is 1. The number of aromatic nitrogens is 1. The summed E-state index contributed by atoms with van der Waals surface area (Å²) in [5, 5.41) is 22.8. The minimum Gasteiger partial charge on any atom is -0.366 e. The second-order valence-corrected chi connectivity index (χ2v) is 8.57. The van der Waals surface area contributed by atoms with Gasteiger partial charge in [-0.2, -0.15) is 0 Å². The van der Waals surface area contributed by atoms with Gasteiger partial charge < -0.3 is 20.5 Å². The molecule has 0 spiro atoms. The number of likely N-dealkylation sites (N-methyl/N-ethyl adjacent to an activating group) is 1. The van der Waals surface area contributed by atoms with Gasteiger partial charge in [0.2, 0.25) is 0 Å². The number of H-pyrrole nitrogens is 1. The number of hydrogen-bond acceptors (Lipinski definition) is 7. The van der Waals surface area contributed by atoms with Gasteiger partial charge >= 0.3 is 0 Å². The van der Waals surface area contributed by atoms with Crippen LogP contribution < -0.4 is 5.73 Å². The Kier molecular flexibility index (Phi) is 6.90. The Bertz CT molecular complexity index is 1260. The fraction of sp³-hybridized carbons (Fsp3) is 0.292. The largest absolute Gasteiger partial charge is 0.366 e. The number of non-ortho nitro benzene ring substituents is 1. The lowest BCUT2D eigenvalue weighted by atomic mass is 9.97. The van der Waals surface area contributed by atoms with E-state index in [0.29, 0.717) is 29.8 Å². The van der Waals surface area contributed by atoms with E-state index in [-0.39, 0.29) is 28.2 Å². The summed E-state index contributed by atoms with van der Waals surface area (Å²) in [6.07, 6.45) is 0.478. The number of para-hydroxylation sites is 1. The van der Waals surface area contributed by atoms with E-state index in [9.17, 15) is 25.0 Å². The molecule has 0 unspecified atom stereocenters. The molecule has 182 valence electrons. The van der Waals surface area contributed by atoms with Crippen molar-refractivity contribution in [3.05, 3.63) is 79.9 Å². The fourth-order valence-corrected chi connectivity index (χ4v) is 4.44. The third-order valence-corrected chi connectivity index (χ3v) is 6.36. The molecule has 11 nitrogen and oxygen atoms in total. The molecular weight excluding hydrogens is 452 g/mol. The number of nitrogens with two attached hydrogens (primary N) is 1. The molecule has 0 atom stereocenters. The summed E-state index contributed by atoms with van der Waals surface area (Å²) in [5.41, 5.74) is 8.15. The van der Waals surface area contributed by atoms with Crippen LogP contribution in [0.25, 0.3) is 22.5 Å². The van der Waals surface area contributed by atoms with Crippen molar-refractivity contribution in [1.82, 2.24) is 14.8 Å². The summed E-state index contributed by atoms with van der Waals surface area (Å²) < 4.78 is 0. The number of nitrogens with one attached hydrogen (secondary N) is 1. The number of nitrogens with zero attached hydrogens (tertiary/aromatic N) is 4. The molecule has 0 saturated carbocycles. The molecule has 1 aliphatic heterocycles. The molecule has 2 heterocycles. The van der Waals surface area contributed by atoms with E-state index in [4.69, 9.17) is 5.73 Å². The van der Waals surface area contributed by atoms with Gasteiger partial charge in [0.15, 0.2) is 0 Å². The van der Waals surface area contributed by atoms with Crippen LogP contribution in [0.4, 0.5) is 11.4 Å². The Morgan fingerprint density at radius 1 is 0.971 bits per heavy atom. The number of primary amides is 1. The van der Waals surface area contributed by atoms with Crippen molar-refractivity contribution < 1.29 is 14.6 Å². The normalized spacial score (nSPS) is 14.7. The molecule has 11 heteroatoms. The number of benzene rings is 2. The number of piperazine rings is 1. The van der Waals surface area contributed by atoms with Gasteiger partial charge in [-0.3, -0.25) is 25.0 Å². The molecule has 0 radical (unpaired) electrons. The molecular formula is C24H26N6O5. The Morgan fingerprint density at radius 3 is 2.23 bits per heavy atom. The van der Waals surface area contributed by atoms with Crippen LogP contribution in [0.5, 0.6) is 0 Å². The Hall–Kier alpha value is -4.09.